The predicted octanol–water partition coefficient (Wildman–Crippen LogP) is 5.34. The number of benzene rings is 1. The van der Waals surface area contributed by atoms with Gasteiger partial charge in [-0.15, -0.1) is 11.3 Å². The first kappa shape index (κ1) is 21.4. The molecule has 3 aromatic rings. The average Bonchev–Trinajstić information content (AvgIpc) is 3.25. The molecule has 0 bridgehead atoms. The van der Waals surface area contributed by atoms with Gasteiger partial charge in [0.2, 0.25) is 0 Å². The molecule has 1 aromatic carbocycles. The Hall–Kier alpha value is -2.31. The molecule has 0 unspecified atom stereocenters. The molecule has 6 heteroatoms. The van der Waals surface area contributed by atoms with E-state index in [1.807, 2.05) is 24.4 Å². The first-order chi connectivity index (χ1) is 14.0. The highest BCUT2D eigenvalue weighted by molar-refractivity contribution is 7.13. The summed E-state index contributed by atoms with van der Waals surface area (Å²) < 4.78 is 13.9. The summed E-state index contributed by atoms with van der Waals surface area (Å²) in [5.41, 5.74) is 1.82. The minimum absolute atomic E-state index is 0.0417. The van der Waals surface area contributed by atoms with Crippen molar-refractivity contribution in [3.05, 3.63) is 53.2 Å². The number of aromatic nitrogens is 1. The number of hydrogen-bond acceptors (Lipinski definition) is 4. The summed E-state index contributed by atoms with van der Waals surface area (Å²) >= 11 is 1.57. The highest BCUT2D eigenvalue weighted by Crippen LogP contribution is 2.28. The molecular formula is C23H28FN3OS. The predicted molar refractivity (Wildman–Crippen MR) is 119 cm³/mol. The Morgan fingerprint density at radius 1 is 1.24 bits per heavy atom. The van der Waals surface area contributed by atoms with Crippen molar-refractivity contribution >= 4 is 28.1 Å². The molecule has 0 spiro atoms. The van der Waals surface area contributed by atoms with E-state index in [1.165, 1.54) is 12.1 Å². The molecule has 4 nitrogen and oxygen atoms in total. The van der Waals surface area contributed by atoms with E-state index in [1.54, 1.807) is 23.5 Å². The number of rotatable bonds is 9. The Bertz CT molecular complexity index is 954. The van der Waals surface area contributed by atoms with Crippen LogP contribution in [0.1, 0.15) is 44.0 Å². The molecule has 29 heavy (non-hydrogen) atoms. The highest BCUT2D eigenvalue weighted by atomic mass is 32.1. The van der Waals surface area contributed by atoms with Crippen LogP contribution >= 0.6 is 11.3 Å². The summed E-state index contributed by atoms with van der Waals surface area (Å²) in [6, 6.07) is 10.1. The van der Waals surface area contributed by atoms with Crippen molar-refractivity contribution in [2.45, 2.75) is 39.7 Å². The molecule has 2 heterocycles. The number of carbonyl (C=O) groups is 1. The Morgan fingerprint density at radius 3 is 2.72 bits per heavy atom. The van der Waals surface area contributed by atoms with Gasteiger partial charge in [-0.05, 0) is 75.1 Å². The molecule has 1 amide bonds. The van der Waals surface area contributed by atoms with Crippen molar-refractivity contribution in [3.63, 3.8) is 0 Å². The van der Waals surface area contributed by atoms with Crippen molar-refractivity contribution in [2.24, 2.45) is 0 Å². The third-order valence-electron chi connectivity index (χ3n) is 5.17. The quantitative estimate of drug-likeness (QED) is 0.515. The SMILES string of the molecule is CCN(CC)CCC[C@H](C)NC(=O)c1cc(-c2cccs2)nc2ccc(F)cc12. The van der Waals surface area contributed by atoms with Crippen LogP contribution in [0.2, 0.25) is 0 Å². The van der Waals surface area contributed by atoms with Crippen LogP contribution in [0.25, 0.3) is 21.5 Å². The number of halogens is 1. The maximum absolute atomic E-state index is 13.9. The summed E-state index contributed by atoms with van der Waals surface area (Å²) in [6.45, 7) is 9.44. The molecule has 2 aromatic heterocycles. The van der Waals surface area contributed by atoms with Gasteiger partial charge in [-0.2, -0.15) is 0 Å². The molecule has 0 aliphatic carbocycles. The zero-order valence-electron chi connectivity index (χ0n) is 17.2. The van der Waals surface area contributed by atoms with Gasteiger partial charge in [-0.3, -0.25) is 4.79 Å². The zero-order valence-corrected chi connectivity index (χ0v) is 18.1. The van der Waals surface area contributed by atoms with Gasteiger partial charge in [0.25, 0.3) is 5.91 Å². The Balaban J connectivity index is 1.80. The van der Waals surface area contributed by atoms with E-state index in [0.717, 1.165) is 43.0 Å². The number of nitrogens with one attached hydrogen (secondary N) is 1. The number of carbonyl (C=O) groups excluding carboxylic acids is 1. The summed E-state index contributed by atoms with van der Waals surface area (Å²) in [7, 11) is 0. The van der Waals surface area contributed by atoms with Crippen molar-refractivity contribution in [1.82, 2.24) is 15.2 Å². The Morgan fingerprint density at radius 2 is 2.03 bits per heavy atom. The minimum atomic E-state index is -0.371. The van der Waals surface area contributed by atoms with E-state index in [0.29, 0.717) is 16.5 Å². The summed E-state index contributed by atoms with van der Waals surface area (Å²) in [5.74, 6) is -0.555. The zero-order chi connectivity index (χ0) is 20.8. The number of pyridine rings is 1. The van der Waals surface area contributed by atoms with Crippen LogP contribution in [0.4, 0.5) is 4.39 Å². The van der Waals surface area contributed by atoms with Crippen LogP contribution in [-0.2, 0) is 0 Å². The molecule has 1 N–H and O–H groups in total. The van der Waals surface area contributed by atoms with Crippen molar-refractivity contribution in [3.8, 4) is 10.6 Å². The lowest BCUT2D eigenvalue weighted by atomic mass is 10.0. The van der Waals surface area contributed by atoms with Crippen LogP contribution in [-0.4, -0.2) is 41.5 Å². The lowest BCUT2D eigenvalue weighted by Crippen LogP contribution is -2.34. The van der Waals surface area contributed by atoms with Crippen LogP contribution in [0, 0.1) is 5.82 Å². The van der Waals surface area contributed by atoms with Gasteiger partial charge in [0.1, 0.15) is 5.82 Å². The maximum Gasteiger partial charge on any atom is 0.252 e. The number of nitrogens with zero attached hydrogens (tertiary/aromatic N) is 2. The Labute approximate surface area is 175 Å². The minimum Gasteiger partial charge on any atom is -0.350 e. The summed E-state index contributed by atoms with van der Waals surface area (Å²) in [4.78, 5) is 21.0. The number of fused-ring (bicyclic) bond motifs is 1. The fourth-order valence-corrected chi connectivity index (χ4v) is 4.16. The number of hydrogen-bond donors (Lipinski definition) is 1. The number of thiophene rings is 1. The third-order valence-corrected chi connectivity index (χ3v) is 6.06. The van der Waals surface area contributed by atoms with Gasteiger partial charge in [0.15, 0.2) is 0 Å². The molecule has 0 aliphatic heterocycles. The smallest absolute Gasteiger partial charge is 0.252 e. The van der Waals surface area contributed by atoms with E-state index >= 15 is 0 Å². The average molecular weight is 414 g/mol. The van der Waals surface area contributed by atoms with Gasteiger partial charge in [-0.25, -0.2) is 9.37 Å². The van der Waals surface area contributed by atoms with E-state index in [4.69, 9.17) is 0 Å². The second-order valence-corrected chi connectivity index (χ2v) is 8.19. The molecule has 0 saturated carbocycles. The van der Waals surface area contributed by atoms with E-state index in [2.05, 4.69) is 29.0 Å². The largest absolute Gasteiger partial charge is 0.350 e. The molecule has 1 atom stereocenters. The van der Waals surface area contributed by atoms with Gasteiger partial charge in [-0.1, -0.05) is 19.9 Å². The van der Waals surface area contributed by atoms with Gasteiger partial charge in [0.05, 0.1) is 21.7 Å². The van der Waals surface area contributed by atoms with Crippen LogP contribution in [0.15, 0.2) is 41.8 Å². The van der Waals surface area contributed by atoms with Crippen molar-refractivity contribution in [2.75, 3.05) is 19.6 Å². The van der Waals surface area contributed by atoms with E-state index < -0.39 is 0 Å². The van der Waals surface area contributed by atoms with Crippen LogP contribution < -0.4 is 5.32 Å². The maximum atomic E-state index is 13.9. The summed E-state index contributed by atoms with van der Waals surface area (Å²) in [5, 5.41) is 5.60. The third kappa shape index (κ3) is 5.40. The second-order valence-electron chi connectivity index (χ2n) is 7.24. The van der Waals surface area contributed by atoms with Crippen LogP contribution in [0.3, 0.4) is 0 Å². The molecule has 0 saturated heterocycles. The van der Waals surface area contributed by atoms with Crippen LogP contribution in [0.5, 0.6) is 0 Å². The molecule has 0 radical (unpaired) electrons. The molecule has 0 fully saturated rings. The Kier molecular flexibility index (Phi) is 7.34. The fraction of sp³-hybridized carbons (Fsp3) is 0.391. The topological polar surface area (TPSA) is 45.2 Å². The number of amides is 1. The molecule has 3 rings (SSSR count). The fourth-order valence-electron chi connectivity index (χ4n) is 3.47. The molecule has 154 valence electrons. The van der Waals surface area contributed by atoms with Gasteiger partial charge < -0.3 is 10.2 Å². The van der Waals surface area contributed by atoms with Gasteiger partial charge in [0, 0.05) is 11.4 Å². The van der Waals surface area contributed by atoms with Crippen molar-refractivity contribution < 1.29 is 9.18 Å². The monoisotopic (exact) mass is 413 g/mol. The molecule has 0 aliphatic rings. The normalized spacial score (nSPS) is 12.4. The van der Waals surface area contributed by atoms with E-state index in [9.17, 15) is 9.18 Å². The summed E-state index contributed by atoms with van der Waals surface area (Å²) in [6.07, 6.45) is 1.92. The highest BCUT2D eigenvalue weighted by Gasteiger charge is 2.17. The first-order valence-corrected chi connectivity index (χ1v) is 11.1. The second kappa shape index (κ2) is 9.94. The van der Waals surface area contributed by atoms with Crippen molar-refractivity contribution in [1.29, 1.82) is 0 Å². The lowest BCUT2D eigenvalue weighted by molar-refractivity contribution is 0.0939. The van der Waals surface area contributed by atoms with E-state index in [-0.39, 0.29) is 17.8 Å². The standard InChI is InChI=1S/C23H28FN3OS/c1-4-27(5-2)12-6-8-16(3)25-23(28)19-15-21(22-9-7-13-29-22)26-20-11-10-17(24)14-18(19)20/h7,9-11,13-16H,4-6,8,12H2,1-3H3,(H,25,28)/t16-/m0/s1. The lowest BCUT2D eigenvalue weighted by Gasteiger charge is -2.20. The molecular weight excluding hydrogens is 385 g/mol. The first-order valence-electron chi connectivity index (χ1n) is 10.2. The van der Waals surface area contributed by atoms with Gasteiger partial charge >= 0.3 is 0 Å².